The van der Waals surface area contributed by atoms with Crippen molar-refractivity contribution in [3.05, 3.63) is 70.8 Å². The SMILES string of the molecule is CC(=O)OCC1OC(c2ccc(C)c(CC3(C)CC=C(c4ccc(F)nc4)S3)c2)[C@H](OC(C)=O)C(OC(C)=O)[C@@H]1OC(C)=O. The van der Waals surface area contributed by atoms with Crippen LogP contribution in [0, 0.1) is 12.9 Å². The number of carbonyl (C=O) groups is 4. The monoisotopic (exact) mass is 629 g/mol. The van der Waals surface area contributed by atoms with Gasteiger partial charge in [-0.05, 0) is 55.5 Å². The molecule has 44 heavy (non-hydrogen) atoms. The number of carbonyl (C=O) groups excluding carboxylic acids is 4. The lowest BCUT2D eigenvalue weighted by molar-refractivity contribution is -0.254. The van der Waals surface area contributed by atoms with Crippen LogP contribution < -0.4 is 0 Å². The maximum Gasteiger partial charge on any atom is 0.303 e. The Kier molecular flexibility index (Phi) is 10.5. The number of hydrogen-bond acceptors (Lipinski definition) is 11. The zero-order valence-electron chi connectivity index (χ0n) is 25.5. The van der Waals surface area contributed by atoms with Gasteiger partial charge in [-0.1, -0.05) is 24.3 Å². The summed E-state index contributed by atoms with van der Waals surface area (Å²) in [5, 5.41) is 0. The fraction of sp³-hybridized carbons (Fsp3) is 0.469. The van der Waals surface area contributed by atoms with E-state index in [2.05, 4.69) is 18.0 Å². The number of aromatic nitrogens is 1. The van der Waals surface area contributed by atoms with Crippen LogP contribution in [0.25, 0.3) is 4.91 Å². The van der Waals surface area contributed by atoms with E-state index in [1.165, 1.54) is 40.0 Å². The molecule has 0 saturated carbocycles. The number of allylic oxidation sites excluding steroid dienone is 1. The fourth-order valence-electron chi connectivity index (χ4n) is 5.42. The van der Waals surface area contributed by atoms with Crippen molar-refractivity contribution >= 4 is 40.5 Å². The third-order valence-electron chi connectivity index (χ3n) is 7.34. The van der Waals surface area contributed by atoms with Crippen LogP contribution in [0.2, 0.25) is 0 Å². The quantitative estimate of drug-likeness (QED) is 0.215. The molecule has 0 spiro atoms. The Balaban J connectivity index is 1.67. The second kappa shape index (κ2) is 13.9. The van der Waals surface area contributed by atoms with Crippen LogP contribution in [-0.2, 0) is 49.3 Å². The highest BCUT2D eigenvalue weighted by Gasteiger charge is 2.52. The van der Waals surface area contributed by atoms with Crippen molar-refractivity contribution in [2.45, 2.75) is 89.7 Å². The molecule has 0 amide bonds. The van der Waals surface area contributed by atoms with Gasteiger partial charge in [0.15, 0.2) is 18.3 Å². The molecule has 6 atom stereocenters. The number of ether oxygens (including phenoxy) is 5. The van der Waals surface area contributed by atoms with Gasteiger partial charge >= 0.3 is 23.9 Å². The van der Waals surface area contributed by atoms with Crippen molar-refractivity contribution < 1.29 is 47.3 Å². The van der Waals surface area contributed by atoms with E-state index in [1.54, 1.807) is 17.8 Å². The smallest absolute Gasteiger partial charge is 0.303 e. The van der Waals surface area contributed by atoms with Crippen molar-refractivity contribution in [1.29, 1.82) is 0 Å². The predicted octanol–water partition coefficient (Wildman–Crippen LogP) is 4.81. The second-order valence-corrected chi connectivity index (χ2v) is 12.8. The Morgan fingerprint density at radius 3 is 2.23 bits per heavy atom. The topological polar surface area (TPSA) is 127 Å². The first-order chi connectivity index (χ1) is 20.7. The number of halogens is 1. The standard InChI is InChI=1S/C32H36FNO9S/c1-17-7-8-22(13-24(17)14-32(6)12-11-26(44-32)23-9-10-27(33)34-15-23)28-30(41-20(4)37)31(42-21(5)38)29(40-19(3)36)25(43-28)16-39-18(2)35/h7-11,13,15,25,28-31H,12,14,16H2,1-6H3/t25?,28?,29-,30+,31?,32?/m1/s1. The highest BCUT2D eigenvalue weighted by molar-refractivity contribution is 8.09. The summed E-state index contributed by atoms with van der Waals surface area (Å²) in [5.74, 6) is -3.15. The number of rotatable bonds is 9. The summed E-state index contributed by atoms with van der Waals surface area (Å²) >= 11 is 1.69. The van der Waals surface area contributed by atoms with Gasteiger partial charge < -0.3 is 23.7 Å². The summed E-state index contributed by atoms with van der Waals surface area (Å²) in [6.45, 7) is 8.66. The van der Waals surface area contributed by atoms with Gasteiger partial charge in [-0.15, -0.1) is 11.8 Å². The van der Waals surface area contributed by atoms with Crippen LogP contribution in [0.15, 0.2) is 42.6 Å². The van der Waals surface area contributed by atoms with Gasteiger partial charge in [0, 0.05) is 49.1 Å². The third kappa shape index (κ3) is 8.23. The number of pyridine rings is 1. The lowest BCUT2D eigenvalue weighted by Gasteiger charge is -2.44. The number of benzene rings is 1. The maximum atomic E-state index is 13.4. The number of esters is 4. The molecule has 10 nitrogen and oxygen atoms in total. The van der Waals surface area contributed by atoms with E-state index in [0.29, 0.717) is 12.0 Å². The first kappa shape index (κ1) is 33.1. The molecule has 12 heteroatoms. The summed E-state index contributed by atoms with van der Waals surface area (Å²) in [7, 11) is 0. The van der Waals surface area contributed by atoms with Crippen molar-refractivity contribution in [2.75, 3.05) is 6.61 Å². The zero-order valence-corrected chi connectivity index (χ0v) is 26.3. The number of thioether (sulfide) groups is 1. The lowest BCUT2D eigenvalue weighted by atomic mass is 9.87. The minimum atomic E-state index is -1.25. The zero-order chi connectivity index (χ0) is 32.2. The number of aryl methyl sites for hydroxylation is 1. The highest BCUT2D eigenvalue weighted by atomic mass is 32.2. The van der Waals surface area contributed by atoms with E-state index < -0.39 is 60.3 Å². The predicted molar refractivity (Wildman–Crippen MR) is 159 cm³/mol. The van der Waals surface area contributed by atoms with Gasteiger partial charge in [-0.2, -0.15) is 4.39 Å². The molecule has 3 heterocycles. The van der Waals surface area contributed by atoms with Crippen molar-refractivity contribution in [1.82, 2.24) is 4.98 Å². The summed E-state index contributed by atoms with van der Waals surface area (Å²) in [6.07, 6.45) is -0.561. The molecular formula is C32H36FNO9S. The molecule has 1 aromatic carbocycles. The Labute approximate surface area is 259 Å². The largest absolute Gasteiger partial charge is 0.463 e. The van der Waals surface area contributed by atoms with Crippen LogP contribution in [0.4, 0.5) is 4.39 Å². The lowest BCUT2D eigenvalue weighted by Crippen LogP contribution is -2.59. The van der Waals surface area contributed by atoms with Crippen LogP contribution in [0.5, 0.6) is 0 Å². The van der Waals surface area contributed by atoms with E-state index in [1.807, 2.05) is 25.1 Å². The Morgan fingerprint density at radius 1 is 0.955 bits per heavy atom. The van der Waals surface area contributed by atoms with E-state index in [0.717, 1.165) is 28.0 Å². The summed E-state index contributed by atoms with van der Waals surface area (Å²) in [4.78, 5) is 53.0. The van der Waals surface area contributed by atoms with E-state index in [9.17, 15) is 23.6 Å². The molecule has 0 bridgehead atoms. The molecule has 2 aliphatic heterocycles. The fourth-order valence-corrected chi connectivity index (χ4v) is 6.75. The van der Waals surface area contributed by atoms with Crippen LogP contribution >= 0.6 is 11.8 Å². The van der Waals surface area contributed by atoms with E-state index in [-0.39, 0.29) is 11.4 Å². The second-order valence-electron chi connectivity index (χ2n) is 11.2. The van der Waals surface area contributed by atoms with Crippen molar-refractivity contribution in [2.24, 2.45) is 0 Å². The number of nitrogens with zero attached hydrogens (tertiary/aromatic N) is 1. The van der Waals surface area contributed by atoms with Crippen LogP contribution in [0.1, 0.15) is 69.4 Å². The van der Waals surface area contributed by atoms with E-state index in [4.69, 9.17) is 23.7 Å². The molecule has 4 rings (SSSR count). The van der Waals surface area contributed by atoms with Gasteiger partial charge in [0.2, 0.25) is 5.95 Å². The Hall–Kier alpha value is -3.77. The van der Waals surface area contributed by atoms with Crippen LogP contribution in [0.3, 0.4) is 0 Å². The average molecular weight is 630 g/mol. The molecule has 2 aromatic rings. The molecule has 0 aliphatic carbocycles. The molecule has 0 N–H and O–H groups in total. The number of hydrogen-bond donors (Lipinski definition) is 0. The first-order valence-electron chi connectivity index (χ1n) is 14.2. The average Bonchev–Trinajstić information content (AvgIpc) is 3.32. The van der Waals surface area contributed by atoms with E-state index >= 15 is 0 Å². The summed E-state index contributed by atoms with van der Waals surface area (Å²) in [5.41, 5.74) is 3.52. The van der Waals surface area contributed by atoms with Crippen molar-refractivity contribution in [3.8, 4) is 0 Å². The molecule has 1 aromatic heterocycles. The Morgan fingerprint density at radius 2 is 1.61 bits per heavy atom. The summed E-state index contributed by atoms with van der Waals surface area (Å²) in [6, 6.07) is 8.77. The van der Waals surface area contributed by atoms with Gasteiger partial charge in [0.1, 0.15) is 18.8 Å². The normalized spacial score (nSPS) is 26.3. The van der Waals surface area contributed by atoms with Gasteiger partial charge in [0.05, 0.1) is 0 Å². The molecule has 4 unspecified atom stereocenters. The molecule has 236 valence electrons. The summed E-state index contributed by atoms with van der Waals surface area (Å²) < 4.78 is 41.5. The third-order valence-corrected chi connectivity index (χ3v) is 8.77. The van der Waals surface area contributed by atoms with Crippen LogP contribution in [-0.4, -0.2) is 64.6 Å². The molecule has 1 saturated heterocycles. The first-order valence-corrected chi connectivity index (χ1v) is 15.0. The molecule has 2 aliphatic rings. The molecule has 1 fully saturated rings. The Bertz CT molecular complexity index is 1450. The molecular weight excluding hydrogens is 593 g/mol. The minimum Gasteiger partial charge on any atom is -0.463 e. The van der Waals surface area contributed by atoms with Crippen molar-refractivity contribution in [3.63, 3.8) is 0 Å². The highest BCUT2D eigenvalue weighted by Crippen LogP contribution is 2.49. The molecule has 0 radical (unpaired) electrons. The minimum absolute atomic E-state index is 0.214. The van der Waals surface area contributed by atoms with Gasteiger partial charge in [0.25, 0.3) is 0 Å². The van der Waals surface area contributed by atoms with Gasteiger partial charge in [-0.3, -0.25) is 19.2 Å². The maximum absolute atomic E-state index is 13.4. The van der Waals surface area contributed by atoms with Gasteiger partial charge in [-0.25, -0.2) is 4.98 Å².